The second-order valence-electron chi connectivity index (χ2n) is 8.29. The van der Waals surface area contributed by atoms with E-state index in [-0.39, 0.29) is 27.8 Å². The van der Waals surface area contributed by atoms with Gasteiger partial charge in [-0.2, -0.15) is 24.1 Å². The number of hydrogen-bond donors (Lipinski definition) is 4. The molecule has 1 saturated carbocycles. The number of amides is 1. The van der Waals surface area contributed by atoms with Gasteiger partial charge >= 0.3 is 6.18 Å². The van der Waals surface area contributed by atoms with Crippen LogP contribution >= 0.6 is 34.7 Å². The number of alkyl halides is 3. The minimum absolute atomic E-state index is 0.149. The van der Waals surface area contributed by atoms with Crippen molar-refractivity contribution < 1.29 is 18.0 Å². The van der Waals surface area contributed by atoms with Crippen LogP contribution in [-0.4, -0.2) is 22.0 Å². The number of nitrogens with one attached hydrogen (secondary N) is 3. The van der Waals surface area contributed by atoms with Gasteiger partial charge in [0.2, 0.25) is 0 Å². The standard InChI is InChI=1S/C24H24ClF3N4OS2/c25-20-7-6-16(12-19(20)24(26,27)28)31-23(34)32-17-9-11-35(14-17)18-8-10-29-21(13-18)22(33)30-15-4-2-1-3-5-15/h6-15,35H,1-5H2,(H,30,33)(H2,31,32,34). The fraction of sp³-hybridized carbons (Fsp3) is 0.292. The maximum Gasteiger partial charge on any atom is 0.417 e. The lowest BCUT2D eigenvalue weighted by Crippen LogP contribution is -2.36. The van der Waals surface area contributed by atoms with Crippen LogP contribution in [0.5, 0.6) is 0 Å². The number of halogens is 4. The predicted octanol–water partition coefficient (Wildman–Crippen LogP) is 6.53. The SMILES string of the molecule is O=C(NC1CCCCC1)c1cc([SH]2C=CC(NC(=S)Nc3ccc(Cl)c(C(F)(F)F)c3)=C2)ccn1. The Balaban J connectivity index is 1.37. The molecule has 0 saturated heterocycles. The summed E-state index contributed by atoms with van der Waals surface area (Å²) in [7, 11) is -0.833. The van der Waals surface area contributed by atoms with Gasteiger partial charge in [-0.15, -0.1) is 0 Å². The Labute approximate surface area is 214 Å². The van der Waals surface area contributed by atoms with Crippen LogP contribution in [0.2, 0.25) is 5.02 Å². The molecular weight excluding hydrogens is 517 g/mol. The van der Waals surface area contributed by atoms with E-state index in [1.165, 1.54) is 18.6 Å². The van der Waals surface area contributed by atoms with Crippen LogP contribution in [0.4, 0.5) is 18.9 Å². The first kappa shape index (κ1) is 25.5. The third kappa shape index (κ3) is 6.77. The normalized spacial score (nSPS) is 19.2. The zero-order valence-corrected chi connectivity index (χ0v) is 21.0. The number of benzene rings is 1. The molecule has 1 aliphatic carbocycles. The summed E-state index contributed by atoms with van der Waals surface area (Å²) in [5, 5.41) is 12.6. The highest BCUT2D eigenvalue weighted by Gasteiger charge is 2.33. The Bertz CT molecular complexity index is 1180. The Morgan fingerprint density at radius 3 is 2.63 bits per heavy atom. The number of allylic oxidation sites excluding steroid dienone is 1. The van der Waals surface area contributed by atoms with Gasteiger partial charge in [0.05, 0.1) is 10.6 Å². The average Bonchev–Trinajstić information content (AvgIpc) is 3.28. The number of hydrogen-bond acceptors (Lipinski definition) is 3. The zero-order valence-electron chi connectivity index (χ0n) is 18.5. The van der Waals surface area contributed by atoms with Crippen molar-refractivity contribution in [2.24, 2.45) is 0 Å². The van der Waals surface area contributed by atoms with Crippen molar-refractivity contribution in [2.45, 2.75) is 49.2 Å². The number of thiocarbonyl (C=S) groups is 1. The van der Waals surface area contributed by atoms with Gasteiger partial charge < -0.3 is 16.0 Å². The molecule has 2 aromatic rings. The van der Waals surface area contributed by atoms with Gasteiger partial charge in [0.15, 0.2) is 5.11 Å². The summed E-state index contributed by atoms with van der Waals surface area (Å²) >= 11 is 10.9. The number of aromatic nitrogens is 1. The molecule has 0 spiro atoms. The van der Waals surface area contributed by atoms with E-state index in [2.05, 4.69) is 20.9 Å². The molecule has 5 nitrogen and oxygen atoms in total. The third-order valence-corrected chi connectivity index (χ3v) is 8.13. The van der Waals surface area contributed by atoms with E-state index in [9.17, 15) is 18.0 Å². The van der Waals surface area contributed by atoms with E-state index in [0.29, 0.717) is 11.4 Å². The fourth-order valence-corrected chi connectivity index (χ4v) is 6.10. The number of carbonyl (C=O) groups excluding carboxylic acids is 1. The maximum absolute atomic E-state index is 13.1. The van der Waals surface area contributed by atoms with Crippen molar-refractivity contribution in [2.75, 3.05) is 5.32 Å². The fourth-order valence-electron chi connectivity index (χ4n) is 3.96. The Morgan fingerprint density at radius 1 is 1.11 bits per heavy atom. The molecule has 1 unspecified atom stereocenters. The van der Waals surface area contributed by atoms with E-state index >= 15 is 0 Å². The van der Waals surface area contributed by atoms with Crippen molar-refractivity contribution in [3.63, 3.8) is 0 Å². The molecule has 11 heteroatoms. The Kier molecular flexibility index (Phi) is 8.03. The molecule has 2 heterocycles. The summed E-state index contributed by atoms with van der Waals surface area (Å²) in [6.45, 7) is 0. The largest absolute Gasteiger partial charge is 0.417 e. The predicted molar refractivity (Wildman–Crippen MR) is 139 cm³/mol. The molecule has 3 N–H and O–H groups in total. The summed E-state index contributed by atoms with van der Waals surface area (Å²) < 4.78 is 39.3. The maximum atomic E-state index is 13.1. The monoisotopic (exact) mass is 540 g/mol. The smallest absolute Gasteiger partial charge is 0.348 e. The molecule has 1 atom stereocenters. The first-order chi connectivity index (χ1) is 16.7. The second-order valence-corrected chi connectivity index (χ2v) is 11.0. The minimum Gasteiger partial charge on any atom is -0.348 e. The van der Waals surface area contributed by atoms with E-state index in [4.69, 9.17) is 23.8 Å². The van der Waals surface area contributed by atoms with Crippen LogP contribution in [0, 0.1) is 0 Å². The Hall–Kier alpha value is -2.56. The highest BCUT2D eigenvalue weighted by Crippen LogP contribution is 2.43. The summed E-state index contributed by atoms with van der Waals surface area (Å²) in [5.41, 5.74) is 0.339. The Morgan fingerprint density at radius 2 is 1.89 bits per heavy atom. The lowest BCUT2D eigenvalue weighted by Gasteiger charge is -2.22. The van der Waals surface area contributed by atoms with Crippen molar-refractivity contribution >= 4 is 51.4 Å². The van der Waals surface area contributed by atoms with Gasteiger partial charge in [-0.1, -0.05) is 30.9 Å². The summed E-state index contributed by atoms with van der Waals surface area (Å²) in [4.78, 5) is 17.9. The molecule has 0 bridgehead atoms. The molecule has 2 aliphatic rings. The second kappa shape index (κ2) is 11.0. The van der Waals surface area contributed by atoms with Crippen molar-refractivity contribution in [1.29, 1.82) is 0 Å². The number of anilines is 1. The van der Waals surface area contributed by atoms with Gasteiger partial charge in [0, 0.05) is 23.6 Å². The summed E-state index contributed by atoms with van der Waals surface area (Å²) in [6.07, 6.45) is 4.40. The molecule has 1 fully saturated rings. The van der Waals surface area contributed by atoms with E-state index in [0.717, 1.165) is 36.6 Å². The number of thiol groups is 1. The van der Waals surface area contributed by atoms with Gasteiger partial charge in [-0.05, 0) is 77.2 Å². The molecule has 4 rings (SSSR count). The third-order valence-electron chi connectivity index (χ3n) is 5.70. The van der Waals surface area contributed by atoms with Crippen LogP contribution in [0.15, 0.2) is 64.0 Å². The number of nitrogens with zero attached hydrogens (tertiary/aromatic N) is 1. The lowest BCUT2D eigenvalue weighted by atomic mass is 9.95. The summed E-state index contributed by atoms with van der Waals surface area (Å²) in [6, 6.07) is 7.39. The van der Waals surface area contributed by atoms with Crippen molar-refractivity contribution in [1.82, 2.24) is 15.6 Å². The first-order valence-electron chi connectivity index (χ1n) is 11.1. The molecule has 0 radical (unpaired) electrons. The number of carbonyl (C=O) groups is 1. The van der Waals surface area contributed by atoms with Crippen LogP contribution < -0.4 is 16.0 Å². The highest BCUT2D eigenvalue weighted by molar-refractivity contribution is 8.22. The van der Waals surface area contributed by atoms with E-state index in [1.807, 2.05) is 23.0 Å². The molecule has 1 aromatic heterocycles. The molecular formula is C24H24ClF3N4OS2. The number of rotatable bonds is 5. The van der Waals surface area contributed by atoms with Gasteiger partial charge in [0.1, 0.15) is 5.69 Å². The summed E-state index contributed by atoms with van der Waals surface area (Å²) in [5.74, 6) is -0.161. The molecule has 1 aliphatic heterocycles. The molecule has 1 aromatic carbocycles. The van der Waals surface area contributed by atoms with Gasteiger partial charge in [-0.25, -0.2) is 0 Å². The van der Waals surface area contributed by atoms with Crippen LogP contribution in [0.1, 0.15) is 48.2 Å². The van der Waals surface area contributed by atoms with Crippen LogP contribution in [0.25, 0.3) is 0 Å². The van der Waals surface area contributed by atoms with E-state index in [1.54, 1.807) is 12.3 Å². The highest BCUT2D eigenvalue weighted by atomic mass is 35.5. The number of pyridine rings is 1. The van der Waals surface area contributed by atoms with Crippen LogP contribution in [-0.2, 0) is 6.18 Å². The lowest BCUT2D eigenvalue weighted by molar-refractivity contribution is -0.137. The van der Waals surface area contributed by atoms with Crippen LogP contribution in [0.3, 0.4) is 0 Å². The average molecular weight is 541 g/mol. The van der Waals surface area contributed by atoms with E-state index < -0.39 is 22.6 Å². The van der Waals surface area contributed by atoms with Gasteiger partial charge in [0.25, 0.3) is 5.91 Å². The topological polar surface area (TPSA) is 66.1 Å². The molecule has 35 heavy (non-hydrogen) atoms. The zero-order chi connectivity index (χ0) is 25.0. The first-order valence-corrected chi connectivity index (χ1v) is 13.4. The van der Waals surface area contributed by atoms with Gasteiger partial charge in [-0.3, -0.25) is 9.78 Å². The molecule has 186 valence electrons. The quantitative estimate of drug-likeness (QED) is 0.256. The van der Waals surface area contributed by atoms with Crippen molar-refractivity contribution in [3.8, 4) is 0 Å². The minimum atomic E-state index is -4.56. The molecule has 1 amide bonds. The van der Waals surface area contributed by atoms with Crippen molar-refractivity contribution in [3.05, 3.63) is 75.4 Å².